The third-order valence-electron chi connectivity index (χ3n) is 2.62. The standard InChI is InChI=1S/C14H13ClN2O2/c15-12-4-1-3-11(9-12)10-17-8-2-5-13(17)6-7-14(18)16-19/h1-9,19H,10H2,(H,16,18)/b7-6+. The maximum atomic E-state index is 10.9. The summed E-state index contributed by atoms with van der Waals surface area (Å²) in [7, 11) is 0. The van der Waals surface area contributed by atoms with E-state index in [0.717, 1.165) is 11.3 Å². The molecular formula is C14H13ClN2O2. The van der Waals surface area contributed by atoms with Crippen molar-refractivity contribution < 1.29 is 10.0 Å². The highest BCUT2D eigenvalue weighted by atomic mass is 35.5. The van der Waals surface area contributed by atoms with Crippen LogP contribution in [0.5, 0.6) is 0 Å². The predicted molar refractivity (Wildman–Crippen MR) is 73.9 cm³/mol. The SMILES string of the molecule is O=C(/C=C/c1cccn1Cc1cccc(Cl)c1)NO. The zero-order chi connectivity index (χ0) is 13.7. The van der Waals surface area contributed by atoms with Crippen LogP contribution >= 0.6 is 11.6 Å². The van der Waals surface area contributed by atoms with Crippen LogP contribution in [0, 0.1) is 0 Å². The number of carbonyl (C=O) groups is 1. The molecule has 0 aliphatic heterocycles. The maximum absolute atomic E-state index is 10.9. The molecule has 0 aliphatic carbocycles. The number of amides is 1. The van der Waals surface area contributed by atoms with Crippen LogP contribution < -0.4 is 5.48 Å². The van der Waals surface area contributed by atoms with Crippen molar-refractivity contribution >= 4 is 23.6 Å². The van der Waals surface area contributed by atoms with Crippen molar-refractivity contribution in [2.24, 2.45) is 0 Å². The summed E-state index contributed by atoms with van der Waals surface area (Å²) in [4.78, 5) is 10.9. The van der Waals surface area contributed by atoms with Crippen LogP contribution in [0.15, 0.2) is 48.7 Å². The quantitative estimate of drug-likeness (QED) is 0.512. The molecular weight excluding hydrogens is 264 g/mol. The summed E-state index contributed by atoms with van der Waals surface area (Å²) in [6, 6.07) is 11.4. The summed E-state index contributed by atoms with van der Waals surface area (Å²) in [6.07, 6.45) is 4.82. The molecule has 0 spiro atoms. The van der Waals surface area contributed by atoms with Gasteiger partial charge in [-0.05, 0) is 35.9 Å². The third kappa shape index (κ3) is 3.71. The van der Waals surface area contributed by atoms with Crippen LogP contribution in [-0.2, 0) is 11.3 Å². The number of hydrogen-bond acceptors (Lipinski definition) is 2. The van der Waals surface area contributed by atoms with Crippen molar-refractivity contribution in [3.8, 4) is 0 Å². The van der Waals surface area contributed by atoms with Gasteiger partial charge in [-0.15, -0.1) is 0 Å². The van der Waals surface area contributed by atoms with Gasteiger partial charge in [-0.3, -0.25) is 10.0 Å². The molecule has 1 heterocycles. The molecule has 1 aromatic carbocycles. The maximum Gasteiger partial charge on any atom is 0.267 e. The van der Waals surface area contributed by atoms with Gasteiger partial charge < -0.3 is 4.57 Å². The lowest BCUT2D eigenvalue weighted by molar-refractivity contribution is -0.124. The largest absolute Gasteiger partial charge is 0.344 e. The molecule has 0 saturated heterocycles. The number of hydroxylamine groups is 1. The molecule has 2 N–H and O–H groups in total. The van der Waals surface area contributed by atoms with Crippen LogP contribution in [0.2, 0.25) is 5.02 Å². The second kappa shape index (κ2) is 6.22. The molecule has 98 valence electrons. The second-order valence-corrected chi connectivity index (χ2v) is 4.44. The number of rotatable bonds is 4. The van der Waals surface area contributed by atoms with Crippen LogP contribution in [0.25, 0.3) is 6.08 Å². The minimum atomic E-state index is -0.560. The summed E-state index contributed by atoms with van der Waals surface area (Å²) in [5.74, 6) is -0.560. The van der Waals surface area contributed by atoms with Gasteiger partial charge in [-0.1, -0.05) is 23.7 Å². The van der Waals surface area contributed by atoms with E-state index in [2.05, 4.69) is 0 Å². The van der Waals surface area contributed by atoms with Gasteiger partial charge in [0.2, 0.25) is 0 Å². The van der Waals surface area contributed by atoms with Gasteiger partial charge in [0.05, 0.1) is 0 Å². The van der Waals surface area contributed by atoms with E-state index in [-0.39, 0.29) is 0 Å². The smallest absolute Gasteiger partial charge is 0.267 e. The Kier molecular flexibility index (Phi) is 4.39. The Labute approximate surface area is 115 Å². The molecule has 5 heteroatoms. The molecule has 1 aromatic heterocycles. The van der Waals surface area contributed by atoms with E-state index in [1.165, 1.54) is 6.08 Å². The van der Waals surface area contributed by atoms with Crippen molar-refractivity contribution in [1.82, 2.24) is 10.0 Å². The normalized spacial score (nSPS) is 10.8. The Hall–Kier alpha value is -2.04. The van der Waals surface area contributed by atoms with Crippen LogP contribution in [0.1, 0.15) is 11.3 Å². The predicted octanol–water partition coefficient (Wildman–Crippen LogP) is 2.71. The Bertz CT molecular complexity index is 605. The van der Waals surface area contributed by atoms with Gasteiger partial charge in [0.15, 0.2) is 0 Å². The first-order chi connectivity index (χ1) is 9.19. The summed E-state index contributed by atoms with van der Waals surface area (Å²) in [6.45, 7) is 0.661. The number of benzene rings is 1. The number of carbonyl (C=O) groups excluding carboxylic acids is 1. The minimum absolute atomic E-state index is 0.560. The fraction of sp³-hybridized carbons (Fsp3) is 0.0714. The topological polar surface area (TPSA) is 54.3 Å². The van der Waals surface area contributed by atoms with E-state index >= 15 is 0 Å². The van der Waals surface area contributed by atoms with Crippen molar-refractivity contribution in [3.05, 3.63) is 65.0 Å². The summed E-state index contributed by atoms with van der Waals surface area (Å²) < 4.78 is 1.98. The number of nitrogens with one attached hydrogen (secondary N) is 1. The van der Waals surface area contributed by atoms with Gasteiger partial charge in [-0.2, -0.15) is 0 Å². The Balaban J connectivity index is 2.16. The lowest BCUT2D eigenvalue weighted by Crippen LogP contribution is -2.15. The average molecular weight is 277 g/mol. The summed E-state index contributed by atoms with van der Waals surface area (Å²) in [5.41, 5.74) is 3.49. The van der Waals surface area contributed by atoms with Crippen molar-refractivity contribution in [2.45, 2.75) is 6.54 Å². The number of aromatic nitrogens is 1. The highest BCUT2D eigenvalue weighted by Crippen LogP contribution is 2.14. The van der Waals surface area contributed by atoms with E-state index in [9.17, 15) is 4.79 Å². The van der Waals surface area contributed by atoms with E-state index in [1.807, 2.05) is 47.2 Å². The van der Waals surface area contributed by atoms with Gasteiger partial charge in [0.1, 0.15) is 0 Å². The lowest BCUT2D eigenvalue weighted by Gasteiger charge is -2.07. The molecule has 0 fully saturated rings. The molecule has 0 unspecified atom stereocenters. The van der Waals surface area contributed by atoms with E-state index < -0.39 is 5.91 Å². The number of halogens is 1. The van der Waals surface area contributed by atoms with Crippen LogP contribution in [-0.4, -0.2) is 15.7 Å². The lowest BCUT2D eigenvalue weighted by atomic mass is 10.2. The Morgan fingerprint density at radius 3 is 2.95 bits per heavy atom. The molecule has 1 amide bonds. The van der Waals surface area contributed by atoms with Crippen molar-refractivity contribution in [1.29, 1.82) is 0 Å². The zero-order valence-electron chi connectivity index (χ0n) is 10.1. The first-order valence-electron chi connectivity index (χ1n) is 5.71. The summed E-state index contributed by atoms with van der Waals surface area (Å²) in [5, 5.41) is 9.12. The molecule has 4 nitrogen and oxygen atoms in total. The van der Waals surface area contributed by atoms with Crippen molar-refractivity contribution in [3.63, 3.8) is 0 Å². The minimum Gasteiger partial charge on any atom is -0.344 e. The van der Waals surface area contributed by atoms with Crippen LogP contribution in [0.3, 0.4) is 0 Å². The molecule has 2 aromatic rings. The first-order valence-corrected chi connectivity index (χ1v) is 6.08. The monoisotopic (exact) mass is 276 g/mol. The molecule has 0 aliphatic rings. The molecule has 2 rings (SSSR count). The second-order valence-electron chi connectivity index (χ2n) is 4.00. The van der Waals surface area contributed by atoms with E-state index in [4.69, 9.17) is 16.8 Å². The highest BCUT2D eigenvalue weighted by Gasteiger charge is 2.00. The van der Waals surface area contributed by atoms with Gasteiger partial charge >= 0.3 is 0 Å². The summed E-state index contributed by atoms with van der Waals surface area (Å²) >= 11 is 5.94. The molecule has 0 radical (unpaired) electrons. The molecule has 19 heavy (non-hydrogen) atoms. The van der Waals surface area contributed by atoms with E-state index in [0.29, 0.717) is 11.6 Å². The zero-order valence-corrected chi connectivity index (χ0v) is 10.8. The van der Waals surface area contributed by atoms with E-state index in [1.54, 1.807) is 11.6 Å². The third-order valence-corrected chi connectivity index (χ3v) is 2.86. The van der Waals surface area contributed by atoms with Crippen LogP contribution in [0.4, 0.5) is 0 Å². The fourth-order valence-corrected chi connectivity index (χ4v) is 1.97. The Morgan fingerprint density at radius 1 is 1.37 bits per heavy atom. The first kappa shape index (κ1) is 13.4. The van der Waals surface area contributed by atoms with Gasteiger partial charge in [0, 0.05) is 29.5 Å². The van der Waals surface area contributed by atoms with Gasteiger partial charge in [0.25, 0.3) is 5.91 Å². The molecule has 0 saturated carbocycles. The number of hydrogen-bond donors (Lipinski definition) is 2. The molecule has 0 bridgehead atoms. The molecule has 0 atom stereocenters. The fourth-order valence-electron chi connectivity index (χ4n) is 1.75. The Morgan fingerprint density at radius 2 is 2.21 bits per heavy atom. The van der Waals surface area contributed by atoms with Crippen molar-refractivity contribution in [2.75, 3.05) is 0 Å². The highest BCUT2D eigenvalue weighted by molar-refractivity contribution is 6.30. The van der Waals surface area contributed by atoms with Gasteiger partial charge in [-0.25, -0.2) is 5.48 Å². The average Bonchev–Trinajstić information content (AvgIpc) is 2.83. The number of nitrogens with zero attached hydrogens (tertiary/aromatic N) is 1.